The van der Waals surface area contributed by atoms with E-state index in [9.17, 15) is 0 Å². The first-order valence-corrected chi connectivity index (χ1v) is 8.52. The van der Waals surface area contributed by atoms with Crippen molar-refractivity contribution in [1.29, 1.82) is 0 Å². The molecule has 2 heterocycles. The lowest BCUT2D eigenvalue weighted by molar-refractivity contribution is -0.0880. The second kappa shape index (κ2) is 6.19. The van der Waals surface area contributed by atoms with Crippen LogP contribution in [0.1, 0.15) is 18.4 Å². The number of fused-ring (bicyclic) bond motifs is 1. The van der Waals surface area contributed by atoms with Gasteiger partial charge in [0.05, 0.1) is 20.3 Å². The summed E-state index contributed by atoms with van der Waals surface area (Å²) < 4.78 is 11.2. The van der Waals surface area contributed by atoms with Crippen molar-refractivity contribution in [3.05, 3.63) is 29.8 Å². The fourth-order valence-corrected chi connectivity index (χ4v) is 4.00. The Kier molecular flexibility index (Phi) is 4.07. The quantitative estimate of drug-likeness (QED) is 0.849. The van der Waals surface area contributed by atoms with E-state index < -0.39 is 0 Å². The molecule has 3 fully saturated rings. The van der Waals surface area contributed by atoms with Gasteiger partial charge in [-0.05, 0) is 36.5 Å². The third-order valence-electron chi connectivity index (χ3n) is 5.34. The molecule has 4 rings (SSSR count). The fraction of sp³-hybridized carbons (Fsp3) is 0.667. The van der Waals surface area contributed by atoms with Crippen LogP contribution in [-0.4, -0.2) is 61.8 Å². The summed E-state index contributed by atoms with van der Waals surface area (Å²) in [6, 6.07) is 9.71. The Balaban J connectivity index is 1.39. The lowest BCUT2D eigenvalue weighted by Crippen LogP contribution is -2.62. The van der Waals surface area contributed by atoms with Gasteiger partial charge in [-0.2, -0.15) is 0 Å². The van der Waals surface area contributed by atoms with Crippen LogP contribution in [0.4, 0.5) is 0 Å². The van der Waals surface area contributed by atoms with E-state index in [0.717, 1.165) is 44.5 Å². The van der Waals surface area contributed by atoms with Crippen molar-refractivity contribution in [2.45, 2.75) is 31.5 Å². The van der Waals surface area contributed by atoms with E-state index in [1.165, 1.54) is 24.9 Å². The highest BCUT2D eigenvalue weighted by atomic mass is 16.5. The zero-order chi connectivity index (χ0) is 14.9. The van der Waals surface area contributed by atoms with E-state index in [-0.39, 0.29) is 0 Å². The number of hydrogen-bond donors (Lipinski definition) is 0. The van der Waals surface area contributed by atoms with Gasteiger partial charge in [0.15, 0.2) is 0 Å². The molecule has 0 bridgehead atoms. The zero-order valence-corrected chi connectivity index (χ0v) is 13.4. The van der Waals surface area contributed by atoms with Crippen molar-refractivity contribution < 1.29 is 9.47 Å². The number of rotatable bonds is 4. The largest absolute Gasteiger partial charge is 0.497 e. The first-order valence-electron chi connectivity index (χ1n) is 8.52. The van der Waals surface area contributed by atoms with Gasteiger partial charge in [-0.1, -0.05) is 12.1 Å². The van der Waals surface area contributed by atoms with E-state index >= 15 is 0 Å². The fourth-order valence-electron chi connectivity index (χ4n) is 4.00. The first kappa shape index (κ1) is 14.5. The molecule has 0 N–H and O–H groups in total. The van der Waals surface area contributed by atoms with Gasteiger partial charge in [-0.25, -0.2) is 0 Å². The van der Waals surface area contributed by atoms with E-state index in [2.05, 4.69) is 28.0 Å². The molecule has 4 nitrogen and oxygen atoms in total. The van der Waals surface area contributed by atoms with Gasteiger partial charge in [-0.15, -0.1) is 0 Å². The number of morpholine rings is 1. The lowest BCUT2D eigenvalue weighted by atomic mass is 10.0. The molecule has 0 aromatic heterocycles. The molecule has 2 atom stereocenters. The van der Waals surface area contributed by atoms with Crippen molar-refractivity contribution >= 4 is 0 Å². The highest BCUT2D eigenvalue weighted by Crippen LogP contribution is 2.38. The molecule has 0 radical (unpaired) electrons. The predicted molar refractivity (Wildman–Crippen MR) is 86.1 cm³/mol. The van der Waals surface area contributed by atoms with E-state index in [1.54, 1.807) is 7.11 Å². The van der Waals surface area contributed by atoms with Crippen LogP contribution in [0, 0.1) is 5.92 Å². The standard InChI is InChI=1S/C18H26N2O2/c1-21-17-4-2-3-14(9-17)10-19-7-8-20-16(11-19)12-22-13-18(20)15-5-6-15/h2-4,9,15-16,18H,5-8,10-13H2,1H3/t16-,18-/m1/s1. The Hall–Kier alpha value is -1.10. The molecule has 4 heteroatoms. The molecule has 2 saturated heterocycles. The Morgan fingerprint density at radius 2 is 2.14 bits per heavy atom. The highest BCUT2D eigenvalue weighted by Gasteiger charge is 2.42. The molecule has 1 saturated carbocycles. The summed E-state index contributed by atoms with van der Waals surface area (Å²) in [7, 11) is 1.73. The third kappa shape index (κ3) is 3.00. The molecular weight excluding hydrogens is 276 g/mol. The molecule has 120 valence electrons. The Bertz CT molecular complexity index is 518. The Morgan fingerprint density at radius 1 is 1.23 bits per heavy atom. The molecule has 2 aliphatic heterocycles. The summed E-state index contributed by atoms with van der Waals surface area (Å²) in [6.07, 6.45) is 2.82. The van der Waals surface area contributed by atoms with Crippen molar-refractivity contribution in [1.82, 2.24) is 9.80 Å². The van der Waals surface area contributed by atoms with Crippen LogP contribution in [0.25, 0.3) is 0 Å². The summed E-state index contributed by atoms with van der Waals surface area (Å²) in [6.45, 7) is 6.35. The molecule has 0 unspecified atom stereocenters. The monoisotopic (exact) mass is 302 g/mol. The lowest BCUT2D eigenvalue weighted by Gasteiger charge is -2.48. The van der Waals surface area contributed by atoms with Crippen LogP contribution >= 0.6 is 0 Å². The topological polar surface area (TPSA) is 24.9 Å². The Labute approximate surface area is 133 Å². The van der Waals surface area contributed by atoms with E-state index in [1.807, 2.05) is 6.07 Å². The second-order valence-corrected chi connectivity index (χ2v) is 6.92. The summed E-state index contributed by atoms with van der Waals surface area (Å²) >= 11 is 0. The molecule has 1 aromatic carbocycles. The van der Waals surface area contributed by atoms with E-state index in [4.69, 9.17) is 9.47 Å². The van der Waals surface area contributed by atoms with Crippen LogP contribution in [0.5, 0.6) is 5.75 Å². The number of ether oxygens (including phenoxy) is 2. The minimum Gasteiger partial charge on any atom is -0.497 e. The van der Waals surface area contributed by atoms with Crippen LogP contribution < -0.4 is 4.74 Å². The van der Waals surface area contributed by atoms with Crippen LogP contribution in [0.3, 0.4) is 0 Å². The van der Waals surface area contributed by atoms with Crippen molar-refractivity contribution in [2.24, 2.45) is 5.92 Å². The first-order chi connectivity index (χ1) is 10.8. The normalized spacial score (nSPS) is 30.0. The maximum absolute atomic E-state index is 5.90. The van der Waals surface area contributed by atoms with Gasteiger partial charge in [0.1, 0.15) is 5.75 Å². The van der Waals surface area contributed by atoms with Crippen molar-refractivity contribution in [2.75, 3.05) is 40.0 Å². The van der Waals surface area contributed by atoms with Gasteiger partial charge in [0, 0.05) is 38.3 Å². The summed E-state index contributed by atoms with van der Waals surface area (Å²) in [4.78, 5) is 5.30. The van der Waals surface area contributed by atoms with E-state index in [0.29, 0.717) is 12.1 Å². The summed E-state index contributed by atoms with van der Waals surface area (Å²) in [5, 5.41) is 0. The molecule has 1 aromatic rings. The van der Waals surface area contributed by atoms with Gasteiger partial charge in [0.2, 0.25) is 0 Å². The minimum absolute atomic E-state index is 0.582. The smallest absolute Gasteiger partial charge is 0.119 e. The number of nitrogens with zero attached hydrogens (tertiary/aromatic N) is 2. The third-order valence-corrected chi connectivity index (χ3v) is 5.34. The maximum atomic E-state index is 5.90. The van der Waals surface area contributed by atoms with Crippen molar-refractivity contribution in [3.63, 3.8) is 0 Å². The van der Waals surface area contributed by atoms with Crippen LogP contribution in [-0.2, 0) is 11.3 Å². The molecule has 0 amide bonds. The molecule has 3 aliphatic rings. The SMILES string of the molecule is COc1cccc(CN2CCN3[C@@H](COC[C@@H]3C3CC3)C2)c1. The number of methoxy groups -OCH3 is 1. The highest BCUT2D eigenvalue weighted by molar-refractivity contribution is 5.28. The van der Waals surface area contributed by atoms with Gasteiger partial charge in [0.25, 0.3) is 0 Å². The van der Waals surface area contributed by atoms with Crippen molar-refractivity contribution in [3.8, 4) is 5.75 Å². The van der Waals surface area contributed by atoms with Gasteiger partial charge >= 0.3 is 0 Å². The predicted octanol–water partition coefficient (Wildman–Crippen LogP) is 1.99. The number of piperazine rings is 1. The molecule has 22 heavy (non-hydrogen) atoms. The molecule has 1 aliphatic carbocycles. The number of benzene rings is 1. The summed E-state index contributed by atoms with van der Waals surface area (Å²) in [5.74, 6) is 1.86. The van der Waals surface area contributed by atoms with Crippen LogP contribution in [0.15, 0.2) is 24.3 Å². The Morgan fingerprint density at radius 3 is 2.95 bits per heavy atom. The second-order valence-electron chi connectivity index (χ2n) is 6.92. The van der Waals surface area contributed by atoms with Crippen LogP contribution in [0.2, 0.25) is 0 Å². The zero-order valence-electron chi connectivity index (χ0n) is 13.4. The molecular formula is C18H26N2O2. The van der Waals surface area contributed by atoms with Gasteiger partial charge < -0.3 is 9.47 Å². The number of hydrogen-bond acceptors (Lipinski definition) is 4. The summed E-state index contributed by atoms with van der Waals surface area (Å²) in [5.41, 5.74) is 1.34. The van der Waals surface area contributed by atoms with Gasteiger partial charge in [-0.3, -0.25) is 9.80 Å². The average molecular weight is 302 g/mol. The molecule has 0 spiro atoms. The minimum atomic E-state index is 0.582. The maximum Gasteiger partial charge on any atom is 0.119 e. The average Bonchev–Trinajstić information content (AvgIpc) is 3.39.